The van der Waals surface area contributed by atoms with Gasteiger partial charge in [-0.1, -0.05) is 46.8 Å². The summed E-state index contributed by atoms with van der Waals surface area (Å²) in [5, 5.41) is 10.9. The Morgan fingerprint density at radius 2 is 1.61 bits per heavy atom. The Labute approximate surface area is 205 Å². The first-order valence-electron chi connectivity index (χ1n) is 14.2. The number of hydrogen-bond acceptors (Lipinski definition) is 2. The van der Waals surface area contributed by atoms with Crippen LogP contribution in [0.1, 0.15) is 106 Å². The molecule has 0 aromatic rings. The Balaban J connectivity index is 1.54. The summed E-state index contributed by atoms with van der Waals surface area (Å²) in [7, 11) is 1.92. The van der Waals surface area contributed by atoms with Gasteiger partial charge in [0.1, 0.15) is 0 Å². The summed E-state index contributed by atoms with van der Waals surface area (Å²) in [6.07, 6.45) is 12.9. The molecule has 0 aromatic heterocycles. The van der Waals surface area contributed by atoms with Crippen LogP contribution < -0.4 is 0 Å². The van der Waals surface area contributed by atoms with Gasteiger partial charge in [-0.05, 0) is 128 Å². The van der Waals surface area contributed by atoms with Crippen LogP contribution in [0.2, 0.25) is 0 Å². The summed E-state index contributed by atoms with van der Waals surface area (Å²) in [5.74, 6) is 3.67. The maximum atomic E-state index is 10.9. The summed E-state index contributed by atoms with van der Waals surface area (Å²) >= 11 is 0. The van der Waals surface area contributed by atoms with Gasteiger partial charge in [-0.15, -0.1) is 0 Å². The van der Waals surface area contributed by atoms with Gasteiger partial charge in [-0.3, -0.25) is 0 Å². The number of fused-ring (bicyclic) bond motifs is 7. The fourth-order valence-electron chi connectivity index (χ4n) is 11.8. The fraction of sp³-hybridized carbons (Fsp3) is 0.933. The molecule has 3 heteroatoms. The molecule has 2 nitrogen and oxygen atoms in total. The quantitative estimate of drug-likeness (QED) is 0.386. The standard InChI is InChI=1S/C30H51BO2/c1-19(2)20-10-15-30(18-33-31)17-16-28(6)21(25(20)30)8-9-23-27(5)13-12-24(32)26(3,4)22(27)11-14-29(23,28)7/h20-25,32H,1,8-18,31H2,2-7H3/t20-,21?,22?,23?,24-,25?,27-,28+,29+,30+/m0/s1. The zero-order valence-electron chi connectivity index (χ0n) is 22.8. The lowest BCUT2D eigenvalue weighted by molar-refractivity contribution is -0.248. The number of aliphatic hydroxyl groups excluding tert-OH is 1. The smallest absolute Gasteiger partial charge is 0.257 e. The predicted molar refractivity (Wildman–Crippen MR) is 139 cm³/mol. The minimum absolute atomic E-state index is 0.0444. The molecule has 5 aliphatic rings. The maximum Gasteiger partial charge on any atom is 0.257 e. The first-order chi connectivity index (χ1) is 15.4. The Morgan fingerprint density at radius 1 is 0.879 bits per heavy atom. The van der Waals surface area contributed by atoms with Crippen molar-refractivity contribution in [3.05, 3.63) is 12.2 Å². The number of aliphatic hydroxyl groups is 1. The van der Waals surface area contributed by atoms with Gasteiger partial charge in [0, 0.05) is 6.61 Å². The highest BCUT2D eigenvalue weighted by atomic mass is 16.4. The fourth-order valence-corrected chi connectivity index (χ4v) is 11.8. The molecule has 5 saturated carbocycles. The Morgan fingerprint density at radius 3 is 2.27 bits per heavy atom. The minimum atomic E-state index is -0.133. The third kappa shape index (κ3) is 3.00. The average molecular weight is 455 g/mol. The first kappa shape index (κ1) is 24.4. The number of rotatable bonds is 3. The van der Waals surface area contributed by atoms with Crippen molar-refractivity contribution in [2.24, 2.45) is 56.7 Å². The highest BCUT2D eigenvalue weighted by Crippen LogP contribution is 2.77. The van der Waals surface area contributed by atoms with Gasteiger partial charge in [0.15, 0.2) is 0 Å². The van der Waals surface area contributed by atoms with E-state index in [4.69, 9.17) is 4.65 Å². The molecule has 33 heavy (non-hydrogen) atoms. The second kappa shape index (κ2) is 7.61. The molecule has 5 fully saturated rings. The summed E-state index contributed by atoms with van der Waals surface area (Å²) < 4.78 is 5.92. The average Bonchev–Trinajstić information content (AvgIpc) is 3.12. The van der Waals surface area contributed by atoms with Gasteiger partial charge in [0.05, 0.1) is 6.10 Å². The molecule has 0 aliphatic heterocycles. The van der Waals surface area contributed by atoms with Crippen LogP contribution in [0.25, 0.3) is 0 Å². The third-order valence-electron chi connectivity index (χ3n) is 13.7. The number of allylic oxidation sites excluding steroid dienone is 1. The highest BCUT2D eigenvalue weighted by molar-refractivity contribution is 5.97. The van der Waals surface area contributed by atoms with Gasteiger partial charge in [0.2, 0.25) is 0 Å². The van der Waals surface area contributed by atoms with Gasteiger partial charge in [0.25, 0.3) is 8.05 Å². The van der Waals surface area contributed by atoms with E-state index >= 15 is 0 Å². The van der Waals surface area contributed by atoms with Crippen LogP contribution >= 0.6 is 0 Å². The second-order valence-electron chi connectivity index (χ2n) is 14.9. The van der Waals surface area contributed by atoms with Crippen LogP contribution in [-0.2, 0) is 4.65 Å². The van der Waals surface area contributed by atoms with E-state index in [1.807, 2.05) is 8.05 Å². The van der Waals surface area contributed by atoms with Crippen LogP contribution in [0.4, 0.5) is 0 Å². The topological polar surface area (TPSA) is 29.5 Å². The lowest BCUT2D eigenvalue weighted by Crippen LogP contribution is -2.66. The Bertz CT molecular complexity index is 807. The zero-order chi connectivity index (χ0) is 24.0. The van der Waals surface area contributed by atoms with Crippen molar-refractivity contribution < 1.29 is 9.76 Å². The van der Waals surface area contributed by atoms with Crippen LogP contribution in [0.5, 0.6) is 0 Å². The second-order valence-corrected chi connectivity index (χ2v) is 14.9. The molecule has 0 saturated heterocycles. The maximum absolute atomic E-state index is 10.9. The molecule has 5 rings (SSSR count). The van der Waals surface area contributed by atoms with Gasteiger partial charge in [-0.25, -0.2) is 0 Å². The van der Waals surface area contributed by atoms with E-state index in [1.165, 1.54) is 63.4 Å². The molecule has 0 aromatic carbocycles. The molecule has 0 amide bonds. The van der Waals surface area contributed by atoms with Crippen LogP contribution in [-0.4, -0.2) is 25.9 Å². The van der Waals surface area contributed by atoms with E-state index in [9.17, 15) is 5.11 Å². The molecular weight excluding hydrogens is 403 g/mol. The van der Waals surface area contributed by atoms with Crippen molar-refractivity contribution in [3.8, 4) is 0 Å². The molecular formula is C30H51BO2. The highest BCUT2D eigenvalue weighted by Gasteiger charge is 2.70. The normalized spacial score (nSPS) is 55.1. The minimum Gasteiger partial charge on any atom is -0.443 e. The zero-order valence-corrected chi connectivity index (χ0v) is 22.8. The van der Waals surface area contributed by atoms with Crippen molar-refractivity contribution >= 4 is 8.05 Å². The van der Waals surface area contributed by atoms with Crippen molar-refractivity contribution in [1.82, 2.24) is 0 Å². The Kier molecular flexibility index (Phi) is 5.63. The molecule has 1 N–H and O–H groups in total. The lowest BCUT2D eigenvalue weighted by Gasteiger charge is -2.73. The first-order valence-corrected chi connectivity index (χ1v) is 14.2. The van der Waals surface area contributed by atoms with Crippen LogP contribution in [0, 0.1) is 56.7 Å². The van der Waals surface area contributed by atoms with E-state index in [0.29, 0.717) is 33.5 Å². The van der Waals surface area contributed by atoms with Crippen LogP contribution in [0.3, 0.4) is 0 Å². The van der Waals surface area contributed by atoms with Gasteiger partial charge < -0.3 is 9.76 Å². The molecule has 0 heterocycles. The third-order valence-corrected chi connectivity index (χ3v) is 13.7. The number of hydrogen-bond donors (Lipinski definition) is 1. The van der Waals surface area contributed by atoms with Crippen molar-refractivity contribution in [2.45, 2.75) is 112 Å². The largest absolute Gasteiger partial charge is 0.443 e. The predicted octanol–water partition coefficient (Wildman–Crippen LogP) is 6.57. The molecule has 10 atom stereocenters. The summed E-state index contributed by atoms with van der Waals surface area (Å²) in [6.45, 7) is 20.6. The van der Waals surface area contributed by atoms with Crippen molar-refractivity contribution in [3.63, 3.8) is 0 Å². The molecule has 0 spiro atoms. The lowest BCUT2D eigenvalue weighted by atomic mass is 9.32. The van der Waals surface area contributed by atoms with E-state index < -0.39 is 0 Å². The SMILES string of the molecule is BOC[C@]12CC[C@@H](C(=C)C)C1C1CCC3[C@@]4(C)CC[C@H](O)C(C)(C)C4CC[C@@]3(C)[C@]1(C)CC2. The molecule has 4 unspecified atom stereocenters. The molecule has 186 valence electrons. The summed E-state index contributed by atoms with van der Waals surface area (Å²) in [5.41, 5.74) is 3.03. The Hall–Kier alpha value is -0.275. The molecule has 5 aliphatic carbocycles. The summed E-state index contributed by atoms with van der Waals surface area (Å²) in [4.78, 5) is 0. The molecule has 0 bridgehead atoms. The summed E-state index contributed by atoms with van der Waals surface area (Å²) in [6, 6.07) is 0. The van der Waals surface area contributed by atoms with Crippen molar-refractivity contribution in [2.75, 3.05) is 6.61 Å². The van der Waals surface area contributed by atoms with E-state index in [2.05, 4.69) is 48.1 Å². The van der Waals surface area contributed by atoms with Gasteiger partial charge in [-0.2, -0.15) is 0 Å². The molecule has 0 radical (unpaired) electrons. The van der Waals surface area contributed by atoms with E-state index in [1.54, 1.807) is 0 Å². The van der Waals surface area contributed by atoms with E-state index in [0.717, 1.165) is 30.8 Å². The monoisotopic (exact) mass is 454 g/mol. The van der Waals surface area contributed by atoms with Crippen molar-refractivity contribution in [1.29, 1.82) is 0 Å². The van der Waals surface area contributed by atoms with Crippen LogP contribution in [0.15, 0.2) is 12.2 Å². The van der Waals surface area contributed by atoms with Gasteiger partial charge >= 0.3 is 0 Å². The van der Waals surface area contributed by atoms with E-state index in [-0.39, 0.29) is 11.5 Å².